The maximum atomic E-state index is 12.7. The molecule has 102 valence electrons. The first-order valence-electron chi connectivity index (χ1n) is 5.39. The normalized spacial score (nSPS) is 11.6. The molecule has 0 unspecified atom stereocenters. The first-order chi connectivity index (χ1) is 8.88. The molecule has 0 fully saturated rings. The molecule has 0 saturated carbocycles. The molecule has 2 rings (SSSR count). The van der Waals surface area contributed by atoms with Gasteiger partial charge in [0.2, 0.25) is 0 Å². The molecule has 19 heavy (non-hydrogen) atoms. The first-order valence-corrected chi connectivity index (χ1v) is 6.58. The molecule has 0 amide bonds. The van der Waals surface area contributed by atoms with Crippen molar-refractivity contribution in [2.24, 2.45) is 0 Å². The number of alkyl halides is 3. The Hall–Kier alpha value is -1.27. The Morgan fingerprint density at radius 2 is 2.11 bits per heavy atom. The summed E-state index contributed by atoms with van der Waals surface area (Å²) in [5.41, 5.74) is 0.0183. The molecule has 1 aromatic heterocycles. The Bertz CT molecular complexity index is 581. The van der Waals surface area contributed by atoms with E-state index in [1.54, 1.807) is 12.3 Å². The number of rotatable bonds is 3. The van der Waals surface area contributed by atoms with Gasteiger partial charge in [-0.2, -0.15) is 13.2 Å². The van der Waals surface area contributed by atoms with Crippen LogP contribution in [0.1, 0.15) is 16.0 Å². The zero-order valence-electron chi connectivity index (χ0n) is 9.88. The van der Waals surface area contributed by atoms with Crippen LogP contribution in [0.25, 0.3) is 0 Å². The minimum Gasteiger partial charge on any atom is -0.380 e. The molecular formula is C12H10ClF3N2S. The second-order valence-electron chi connectivity index (χ2n) is 3.91. The van der Waals surface area contributed by atoms with Gasteiger partial charge in [0.1, 0.15) is 0 Å². The SMILES string of the molecule is Cc1c(NCc2cnc(Cl)s2)cccc1C(F)(F)F. The summed E-state index contributed by atoms with van der Waals surface area (Å²) in [4.78, 5) is 4.73. The molecule has 0 aliphatic rings. The average molecular weight is 307 g/mol. The Balaban J connectivity index is 2.17. The molecule has 0 aliphatic carbocycles. The molecule has 1 N–H and O–H groups in total. The lowest BCUT2D eigenvalue weighted by molar-refractivity contribution is -0.138. The lowest BCUT2D eigenvalue weighted by Gasteiger charge is -2.14. The number of nitrogens with zero attached hydrogens (tertiary/aromatic N) is 1. The van der Waals surface area contributed by atoms with Crippen LogP contribution in [0, 0.1) is 6.92 Å². The smallest absolute Gasteiger partial charge is 0.380 e. The summed E-state index contributed by atoms with van der Waals surface area (Å²) < 4.78 is 38.6. The minimum atomic E-state index is -4.34. The van der Waals surface area contributed by atoms with Gasteiger partial charge in [-0.15, -0.1) is 11.3 Å². The predicted octanol–water partition coefficient (Wildman–Crippen LogP) is 4.74. The van der Waals surface area contributed by atoms with Gasteiger partial charge in [0.15, 0.2) is 4.47 Å². The minimum absolute atomic E-state index is 0.186. The van der Waals surface area contributed by atoms with E-state index in [1.165, 1.54) is 24.3 Å². The molecule has 0 spiro atoms. The topological polar surface area (TPSA) is 24.9 Å². The molecule has 0 saturated heterocycles. The van der Waals surface area contributed by atoms with E-state index < -0.39 is 11.7 Å². The van der Waals surface area contributed by atoms with E-state index in [0.29, 0.717) is 16.7 Å². The molecule has 1 aromatic carbocycles. The standard InChI is InChI=1S/C12H10ClF3N2S/c1-7-9(12(14,15)16)3-2-4-10(7)17-5-8-6-18-11(13)19-8/h2-4,6,17H,5H2,1H3. The summed E-state index contributed by atoms with van der Waals surface area (Å²) in [5.74, 6) is 0. The van der Waals surface area contributed by atoms with Crippen molar-refractivity contribution >= 4 is 28.6 Å². The van der Waals surface area contributed by atoms with E-state index in [4.69, 9.17) is 11.6 Å². The van der Waals surface area contributed by atoms with Crippen LogP contribution in [0.4, 0.5) is 18.9 Å². The Morgan fingerprint density at radius 1 is 1.37 bits per heavy atom. The average Bonchev–Trinajstić information content (AvgIpc) is 2.72. The number of benzene rings is 1. The summed E-state index contributed by atoms with van der Waals surface area (Å²) in [6.45, 7) is 1.84. The Kier molecular flexibility index (Phi) is 4.01. The van der Waals surface area contributed by atoms with Gasteiger partial charge in [-0.1, -0.05) is 17.7 Å². The van der Waals surface area contributed by atoms with Crippen LogP contribution in [0.5, 0.6) is 0 Å². The zero-order chi connectivity index (χ0) is 14.0. The fraction of sp³-hybridized carbons (Fsp3) is 0.250. The van der Waals surface area contributed by atoms with Crippen molar-refractivity contribution in [2.75, 3.05) is 5.32 Å². The molecule has 1 heterocycles. The summed E-state index contributed by atoms with van der Waals surface area (Å²) >= 11 is 6.98. The van der Waals surface area contributed by atoms with E-state index in [0.717, 1.165) is 10.9 Å². The summed E-state index contributed by atoms with van der Waals surface area (Å²) in [6.07, 6.45) is -2.74. The second-order valence-corrected chi connectivity index (χ2v) is 5.61. The predicted molar refractivity (Wildman–Crippen MR) is 70.6 cm³/mol. The quantitative estimate of drug-likeness (QED) is 0.886. The largest absolute Gasteiger partial charge is 0.416 e. The van der Waals surface area contributed by atoms with Crippen LogP contribution in [0.3, 0.4) is 0 Å². The molecule has 0 aliphatic heterocycles. The molecule has 7 heteroatoms. The highest BCUT2D eigenvalue weighted by Crippen LogP contribution is 2.34. The van der Waals surface area contributed by atoms with Gasteiger partial charge in [0.25, 0.3) is 0 Å². The van der Waals surface area contributed by atoms with Crippen molar-refractivity contribution in [1.82, 2.24) is 4.98 Å². The Labute approximate surface area is 117 Å². The lowest BCUT2D eigenvalue weighted by atomic mass is 10.1. The van der Waals surface area contributed by atoms with Gasteiger partial charge in [-0.25, -0.2) is 4.98 Å². The Morgan fingerprint density at radius 3 is 2.68 bits per heavy atom. The molecule has 0 atom stereocenters. The highest BCUT2D eigenvalue weighted by Gasteiger charge is 2.32. The highest BCUT2D eigenvalue weighted by molar-refractivity contribution is 7.15. The number of nitrogens with one attached hydrogen (secondary N) is 1. The van der Waals surface area contributed by atoms with Crippen molar-refractivity contribution in [2.45, 2.75) is 19.6 Å². The van der Waals surface area contributed by atoms with E-state index in [2.05, 4.69) is 10.3 Å². The molecule has 0 bridgehead atoms. The first kappa shape index (κ1) is 14.1. The number of aromatic nitrogens is 1. The number of anilines is 1. The lowest BCUT2D eigenvalue weighted by Crippen LogP contribution is -2.09. The van der Waals surface area contributed by atoms with E-state index >= 15 is 0 Å². The van der Waals surface area contributed by atoms with Crippen LogP contribution in [0.2, 0.25) is 4.47 Å². The van der Waals surface area contributed by atoms with Gasteiger partial charge >= 0.3 is 6.18 Å². The summed E-state index contributed by atoms with van der Waals surface area (Å²) in [5, 5.41) is 2.97. The second kappa shape index (κ2) is 5.38. The van der Waals surface area contributed by atoms with Gasteiger partial charge < -0.3 is 5.32 Å². The summed E-state index contributed by atoms with van der Waals surface area (Å²) in [7, 11) is 0. The van der Waals surface area contributed by atoms with Gasteiger partial charge in [0, 0.05) is 16.8 Å². The van der Waals surface area contributed by atoms with Crippen molar-refractivity contribution in [3.63, 3.8) is 0 Å². The van der Waals surface area contributed by atoms with Gasteiger partial charge in [-0.3, -0.25) is 0 Å². The molecular weight excluding hydrogens is 297 g/mol. The maximum absolute atomic E-state index is 12.7. The fourth-order valence-corrected chi connectivity index (χ4v) is 2.60. The molecule has 0 radical (unpaired) electrons. The monoisotopic (exact) mass is 306 g/mol. The third-order valence-corrected chi connectivity index (χ3v) is 3.73. The third kappa shape index (κ3) is 3.39. The zero-order valence-corrected chi connectivity index (χ0v) is 11.5. The van der Waals surface area contributed by atoms with Crippen LogP contribution in [-0.4, -0.2) is 4.98 Å². The van der Waals surface area contributed by atoms with Crippen LogP contribution < -0.4 is 5.32 Å². The molecule has 2 aromatic rings. The fourth-order valence-electron chi connectivity index (χ4n) is 1.68. The van der Waals surface area contributed by atoms with Crippen LogP contribution in [-0.2, 0) is 12.7 Å². The maximum Gasteiger partial charge on any atom is 0.416 e. The number of hydrogen-bond donors (Lipinski definition) is 1. The van der Waals surface area contributed by atoms with E-state index in [1.807, 2.05) is 0 Å². The number of thiazole rings is 1. The third-order valence-electron chi connectivity index (χ3n) is 2.62. The number of hydrogen-bond acceptors (Lipinski definition) is 3. The van der Waals surface area contributed by atoms with Gasteiger partial charge in [-0.05, 0) is 24.6 Å². The number of halogens is 4. The van der Waals surface area contributed by atoms with Crippen molar-refractivity contribution in [3.05, 3.63) is 44.9 Å². The highest BCUT2D eigenvalue weighted by atomic mass is 35.5. The summed E-state index contributed by atoms with van der Waals surface area (Å²) in [6, 6.07) is 4.08. The van der Waals surface area contributed by atoms with Crippen LogP contribution in [0.15, 0.2) is 24.4 Å². The van der Waals surface area contributed by atoms with E-state index in [9.17, 15) is 13.2 Å². The van der Waals surface area contributed by atoms with Crippen LogP contribution >= 0.6 is 22.9 Å². The van der Waals surface area contributed by atoms with Crippen molar-refractivity contribution in [3.8, 4) is 0 Å². The van der Waals surface area contributed by atoms with Crippen molar-refractivity contribution < 1.29 is 13.2 Å². The van der Waals surface area contributed by atoms with Crippen molar-refractivity contribution in [1.29, 1.82) is 0 Å². The van der Waals surface area contributed by atoms with Gasteiger partial charge in [0.05, 0.1) is 12.1 Å². The van der Waals surface area contributed by atoms with E-state index in [-0.39, 0.29) is 5.56 Å². The molecule has 2 nitrogen and oxygen atoms in total.